The van der Waals surface area contributed by atoms with Crippen LogP contribution in [0, 0.1) is 0 Å². The molecule has 5 heteroatoms. The van der Waals surface area contributed by atoms with Gasteiger partial charge in [-0.25, -0.2) is 4.98 Å². The van der Waals surface area contributed by atoms with Crippen LogP contribution < -0.4 is 11.1 Å². The molecule has 0 spiro atoms. The van der Waals surface area contributed by atoms with E-state index in [2.05, 4.69) is 24.1 Å². The summed E-state index contributed by atoms with van der Waals surface area (Å²) in [6.45, 7) is 4.24. The maximum Gasteiger partial charge on any atom is 0.257 e. The molecule has 104 valence electrons. The summed E-state index contributed by atoms with van der Waals surface area (Å²) in [7, 11) is 0. The second kappa shape index (κ2) is 5.92. The minimum absolute atomic E-state index is 0.259. The van der Waals surface area contributed by atoms with E-state index in [9.17, 15) is 4.79 Å². The predicted octanol–water partition coefficient (Wildman–Crippen LogP) is 3.69. The maximum atomic E-state index is 12.1. The van der Waals surface area contributed by atoms with Gasteiger partial charge in [0.05, 0.1) is 10.6 Å². The number of nitrogens with zero attached hydrogens (tertiary/aromatic N) is 1. The lowest BCUT2D eigenvalue weighted by Gasteiger charge is -2.09. The van der Waals surface area contributed by atoms with Gasteiger partial charge in [0, 0.05) is 11.9 Å². The highest BCUT2D eigenvalue weighted by atomic mass is 35.5. The molecule has 0 saturated heterocycles. The zero-order chi connectivity index (χ0) is 14.7. The Labute approximate surface area is 123 Å². The molecule has 0 unspecified atom stereocenters. The SMILES string of the molecule is CC(C)c1ccc(NC(=O)c2cc(N)ncc2Cl)cc1. The van der Waals surface area contributed by atoms with Crippen LogP contribution in [0.1, 0.15) is 35.7 Å². The highest BCUT2D eigenvalue weighted by Gasteiger charge is 2.11. The topological polar surface area (TPSA) is 68.0 Å². The molecule has 1 aromatic heterocycles. The molecule has 0 atom stereocenters. The number of nitrogen functional groups attached to an aromatic ring is 1. The van der Waals surface area contributed by atoms with E-state index in [1.807, 2.05) is 24.3 Å². The van der Waals surface area contributed by atoms with Gasteiger partial charge in [0.2, 0.25) is 0 Å². The van der Waals surface area contributed by atoms with Gasteiger partial charge in [-0.3, -0.25) is 4.79 Å². The molecule has 0 fully saturated rings. The largest absolute Gasteiger partial charge is 0.384 e. The molecular formula is C15H16ClN3O. The number of hydrogen-bond acceptors (Lipinski definition) is 3. The minimum Gasteiger partial charge on any atom is -0.384 e. The third-order valence-electron chi connectivity index (χ3n) is 2.96. The van der Waals surface area contributed by atoms with E-state index < -0.39 is 0 Å². The second-order valence-corrected chi connectivity index (χ2v) is 5.23. The molecule has 0 saturated carbocycles. The lowest BCUT2D eigenvalue weighted by atomic mass is 10.0. The Hall–Kier alpha value is -2.07. The second-order valence-electron chi connectivity index (χ2n) is 4.82. The van der Waals surface area contributed by atoms with E-state index in [0.29, 0.717) is 17.2 Å². The van der Waals surface area contributed by atoms with Crippen LogP contribution in [0.15, 0.2) is 36.5 Å². The quantitative estimate of drug-likeness (QED) is 0.905. The van der Waals surface area contributed by atoms with Crippen LogP contribution in [-0.2, 0) is 0 Å². The average Bonchev–Trinajstić information content (AvgIpc) is 2.42. The van der Waals surface area contributed by atoms with Crippen molar-refractivity contribution < 1.29 is 4.79 Å². The molecule has 0 aliphatic carbocycles. The summed E-state index contributed by atoms with van der Waals surface area (Å²) in [5.41, 5.74) is 7.80. The van der Waals surface area contributed by atoms with Crippen molar-refractivity contribution in [3.05, 3.63) is 52.7 Å². The van der Waals surface area contributed by atoms with Crippen LogP contribution in [-0.4, -0.2) is 10.9 Å². The zero-order valence-corrected chi connectivity index (χ0v) is 12.1. The lowest BCUT2D eigenvalue weighted by Crippen LogP contribution is -2.13. The Morgan fingerprint density at radius 1 is 1.30 bits per heavy atom. The van der Waals surface area contributed by atoms with Crippen LogP contribution in [0.5, 0.6) is 0 Å². The molecule has 4 nitrogen and oxygen atoms in total. The first-order valence-corrected chi connectivity index (χ1v) is 6.67. The molecule has 20 heavy (non-hydrogen) atoms. The molecule has 0 bridgehead atoms. The fourth-order valence-electron chi connectivity index (χ4n) is 1.78. The van der Waals surface area contributed by atoms with E-state index >= 15 is 0 Å². The van der Waals surface area contributed by atoms with Crippen LogP contribution in [0.25, 0.3) is 0 Å². The molecule has 2 rings (SSSR count). The molecule has 2 aromatic rings. The summed E-state index contributed by atoms with van der Waals surface area (Å²) in [5, 5.41) is 3.06. The van der Waals surface area contributed by atoms with Gasteiger partial charge in [0.15, 0.2) is 0 Å². The predicted molar refractivity (Wildman–Crippen MR) is 82.1 cm³/mol. The number of benzene rings is 1. The first-order valence-electron chi connectivity index (χ1n) is 6.29. The van der Waals surface area contributed by atoms with E-state index in [4.69, 9.17) is 17.3 Å². The number of carbonyl (C=O) groups excluding carboxylic acids is 1. The van der Waals surface area contributed by atoms with Gasteiger partial charge in [-0.2, -0.15) is 0 Å². The summed E-state index contributed by atoms with van der Waals surface area (Å²) in [6.07, 6.45) is 1.37. The smallest absolute Gasteiger partial charge is 0.257 e. The van der Waals surface area contributed by atoms with Gasteiger partial charge < -0.3 is 11.1 Å². The van der Waals surface area contributed by atoms with Crippen LogP contribution >= 0.6 is 11.6 Å². The van der Waals surface area contributed by atoms with Crippen molar-refractivity contribution in [2.45, 2.75) is 19.8 Å². The monoisotopic (exact) mass is 289 g/mol. The standard InChI is InChI=1S/C15H16ClN3O/c1-9(2)10-3-5-11(6-4-10)19-15(20)12-7-14(17)18-8-13(12)16/h3-9H,1-2H3,(H2,17,18)(H,19,20). The van der Waals surface area contributed by atoms with Crippen molar-refractivity contribution in [3.8, 4) is 0 Å². The van der Waals surface area contributed by atoms with Crippen LogP contribution in [0.4, 0.5) is 11.5 Å². The fraction of sp³-hybridized carbons (Fsp3) is 0.200. The van der Waals surface area contributed by atoms with Gasteiger partial charge >= 0.3 is 0 Å². The number of pyridine rings is 1. The number of aromatic nitrogens is 1. The van der Waals surface area contributed by atoms with Crippen molar-refractivity contribution in [1.29, 1.82) is 0 Å². The summed E-state index contributed by atoms with van der Waals surface area (Å²) in [4.78, 5) is 16.0. The Morgan fingerprint density at radius 2 is 1.95 bits per heavy atom. The Bertz CT molecular complexity index is 624. The first-order chi connectivity index (χ1) is 9.47. The molecular weight excluding hydrogens is 274 g/mol. The number of amides is 1. The fourth-order valence-corrected chi connectivity index (χ4v) is 1.97. The summed E-state index contributed by atoms with van der Waals surface area (Å²) in [5.74, 6) is 0.408. The van der Waals surface area contributed by atoms with Crippen molar-refractivity contribution in [1.82, 2.24) is 4.98 Å². The molecule has 1 amide bonds. The number of rotatable bonds is 3. The average molecular weight is 290 g/mol. The highest BCUT2D eigenvalue weighted by molar-refractivity contribution is 6.34. The van der Waals surface area contributed by atoms with Crippen molar-refractivity contribution in [2.75, 3.05) is 11.1 Å². The number of nitrogens with one attached hydrogen (secondary N) is 1. The van der Waals surface area contributed by atoms with Crippen molar-refractivity contribution >= 4 is 29.0 Å². The molecule has 0 aliphatic heterocycles. The van der Waals surface area contributed by atoms with Gasteiger partial charge in [-0.05, 0) is 29.7 Å². The number of anilines is 2. The molecule has 0 aliphatic rings. The van der Waals surface area contributed by atoms with E-state index in [-0.39, 0.29) is 16.7 Å². The molecule has 3 N–H and O–H groups in total. The van der Waals surface area contributed by atoms with Gasteiger partial charge in [0.1, 0.15) is 5.82 Å². The number of halogens is 1. The van der Waals surface area contributed by atoms with Crippen LogP contribution in [0.2, 0.25) is 5.02 Å². The molecule has 1 heterocycles. The summed E-state index contributed by atoms with van der Waals surface area (Å²) < 4.78 is 0. The first kappa shape index (κ1) is 14.3. The number of hydrogen-bond donors (Lipinski definition) is 2. The van der Waals surface area contributed by atoms with Crippen molar-refractivity contribution in [2.24, 2.45) is 0 Å². The van der Waals surface area contributed by atoms with Crippen molar-refractivity contribution in [3.63, 3.8) is 0 Å². The molecule has 0 radical (unpaired) electrons. The van der Waals surface area contributed by atoms with Gasteiger partial charge in [0.25, 0.3) is 5.91 Å². The minimum atomic E-state index is -0.304. The summed E-state index contributed by atoms with van der Waals surface area (Å²) >= 11 is 5.95. The highest BCUT2D eigenvalue weighted by Crippen LogP contribution is 2.20. The Balaban J connectivity index is 2.17. The lowest BCUT2D eigenvalue weighted by molar-refractivity contribution is 0.102. The maximum absolute atomic E-state index is 12.1. The van der Waals surface area contributed by atoms with E-state index in [1.165, 1.54) is 17.8 Å². The van der Waals surface area contributed by atoms with E-state index in [1.54, 1.807) is 0 Å². The van der Waals surface area contributed by atoms with E-state index in [0.717, 1.165) is 0 Å². The Kier molecular flexibility index (Phi) is 4.25. The van der Waals surface area contributed by atoms with Gasteiger partial charge in [-0.1, -0.05) is 37.6 Å². The normalized spacial score (nSPS) is 10.6. The molecule has 1 aromatic carbocycles. The number of carbonyl (C=O) groups is 1. The third kappa shape index (κ3) is 3.27. The zero-order valence-electron chi connectivity index (χ0n) is 11.4. The number of nitrogens with two attached hydrogens (primary N) is 1. The Morgan fingerprint density at radius 3 is 2.55 bits per heavy atom. The third-order valence-corrected chi connectivity index (χ3v) is 3.26. The van der Waals surface area contributed by atoms with Crippen LogP contribution in [0.3, 0.4) is 0 Å². The van der Waals surface area contributed by atoms with Gasteiger partial charge in [-0.15, -0.1) is 0 Å². The summed E-state index contributed by atoms with van der Waals surface area (Å²) in [6, 6.07) is 9.17.